The van der Waals surface area contributed by atoms with Crippen LogP contribution in [0.5, 0.6) is 0 Å². The minimum Gasteiger partial charge on any atom is -0.466 e. The molecule has 0 aromatic rings. The molecule has 0 spiro atoms. The highest BCUT2D eigenvalue weighted by molar-refractivity contribution is 6.87. The predicted molar refractivity (Wildman–Crippen MR) is 395 cm³/mol. The fourth-order valence-electron chi connectivity index (χ4n) is 15.7. The van der Waals surface area contributed by atoms with E-state index in [9.17, 15) is 43.2 Å². The number of ether oxygens (including phenoxy) is 11. The molecule has 7 unspecified atom stereocenters. The molecule has 27 heteroatoms. The Morgan fingerprint density at radius 3 is 1.18 bits per heavy atom. The van der Waals surface area contributed by atoms with Crippen molar-refractivity contribution in [3.8, 4) is 0 Å². The zero-order valence-corrected chi connectivity index (χ0v) is 68.3. The van der Waals surface area contributed by atoms with Crippen LogP contribution in [0.3, 0.4) is 0 Å². The van der Waals surface area contributed by atoms with Crippen LogP contribution in [0, 0.1) is 32.5 Å². The van der Waals surface area contributed by atoms with Crippen LogP contribution >= 0.6 is 0 Å². The molecule has 0 bridgehead atoms. The van der Waals surface area contributed by atoms with E-state index in [1.165, 1.54) is 0 Å². The predicted octanol–water partition coefficient (Wildman–Crippen LogP) is 14.4. The number of carbonyl (C=O) groups is 9. The van der Waals surface area contributed by atoms with Gasteiger partial charge in [0.2, 0.25) is 0 Å². The Hall–Kier alpha value is -5.20. The average molecular weight is 1500 g/mol. The van der Waals surface area contributed by atoms with Crippen LogP contribution in [0.2, 0.25) is 51.9 Å². The standard InChI is InChI=1S/C75H132N2O22Si3/c1-19-61(78)91-41-42-93-66(83)31-35-75(11)51-59(50-72(7,8)56-75)97-60(52-87-36-27-45-102(18,98-100(12,13)14)99-101(15,16)17)53-96-67(84)32-34-74(10)48-57(46-70(3,4)55-74)76-68(85)94-40-26-25-38-89-64(81)29-22-21-28-63(80)88-37-23-24-39-90-65(82)30-33-73(9)49-58(47-71(5,6)54-73)77-69(86)95-44-43-92-62(79)20-2/h19-20,57-60H,1-2,21-56H2,3-18H3,(H,76,85)(H,77,86). The quantitative estimate of drug-likeness (QED) is 0.0188. The molecule has 0 heterocycles. The molecule has 3 aliphatic rings. The number of alkyl carbamates (subject to hydrolysis) is 2. The number of nitrogens with one attached hydrogen (secondary N) is 2. The minimum atomic E-state index is -2.49. The van der Waals surface area contributed by atoms with Gasteiger partial charge >= 0.3 is 62.5 Å². The van der Waals surface area contributed by atoms with Gasteiger partial charge in [0.25, 0.3) is 0 Å². The number of hydrogen-bond donors (Lipinski definition) is 2. The Labute approximate surface area is 613 Å². The van der Waals surface area contributed by atoms with E-state index in [-0.39, 0.29) is 179 Å². The van der Waals surface area contributed by atoms with Gasteiger partial charge in [0, 0.05) is 62.9 Å². The molecule has 2 amide bonds. The lowest BCUT2D eigenvalue weighted by Crippen LogP contribution is -2.52. The second kappa shape index (κ2) is 43.4. The second-order valence-electron chi connectivity index (χ2n) is 34.2. The third kappa shape index (κ3) is 41.5. The van der Waals surface area contributed by atoms with Gasteiger partial charge in [0.05, 0.1) is 39.1 Å². The number of unbranched alkanes of at least 4 members (excludes halogenated alkanes) is 3. The number of esters is 7. The van der Waals surface area contributed by atoms with E-state index in [2.05, 4.69) is 132 Å². The SMILES string of the molecule is C=CC(=O)OCCOC(=O)CCC1(C)CC(OC(COCCC[Si](C)(O[Si](C)(C)C)O[Si](C)(C)C)COC(=O)CCC2(C)CC(NC(=O)OCCCCOC(=O)CCCCC(=O)OCCCCOC(=O)CCC3(C)CC(NC(=O)OCCOC(=O)C=C)CC(C)(C)C3)CC(C)(C)C2)CC(C)(C)C1. The monoisotopic (exact) mass is 1500 g/mol. The van der Waals surface area contributed by atoms with Crippen molar-refractivity contribution in [2.75, 3.05) is 72.7 Å². The van der Waals surface area contributed by atoms with E-state index in [4.69, 9.17) is 60.3 Å². The van der Waals surface area contributed by atoms with Crippen LogP contribution in [0.4, 0.5) is 9.59 Å². The topological polar surface area (TPSA) is 298 Å². The van der Waals surface area contributed by atoms with E-state index in [0.29, 0.717) is 83.7 Å². The van der Waals surface area contributed by atoms with Crippen LogP contribution in [0.15, 0.2) is 25.3 Å². The van der Waals surface area contributed by atoms with Crippen LogP contribution in [0.1, 0.15) is 216 Å². The van der Waals surface area contributed by atoms with Gasteiger partial charge in [-0.1, -0.05) is 75.5 Å². The van der Waals surface area contributed by atoms with Gasteiger partial charge in [-0.15, -0.1) is 0 Å². The van der Waals surface area contributed by atoms with Crippen molar-refractivity contribution in [3.05, 3.63) is 25.3 Å². The van der Waals surface area contributed by atoms with Crippen molar-refractivity contribution < 1.29 is 103 Å². The molecule has 0 aromatic carbocycles. The van der Waals surface area contributed by atoms with Gasteiger partial charge < -0.3 is 71.0 Å². The summed E-state index contributed by atoms with van der Waals surface area (Å²) in [7, 11) is -6.27. The molecule has 586 valence electrons. The van der Waals surface area contributed by atoms with Gasteiger partial charge in [-0.25, -0.2) is 19.2 Å². The summed E-state index contributed by atoms with van der Waals surface area (Å²) in [6.07, 6.45) is 13.4. The highest BCUT2D eigenvalue weighted by Gasteiger charge is 2.46. The first-order chi connectivity index (χ1) is 47.4. The molecular formula is C75H132N2O22Si3. The third-order valence-corrected chi connectivity index (χ3v) is 28.0. The summed E-state index contributed by atoms with van der Waals surface area (Å²) in [5, 5.41) is 6.00. The van der Waals surface area contributed by atoms with Crippen LogP contribution in [-0.2, 0) is 93.9 Å². The molecule has 0 aliphatic heterocycles. The molecule has 2 N–H and O–H groups in total. The zero-order chi connectivity index (χ0) is 76.5. The molecule has 102 heavy (non-hydrogen) atoms. The maximum absolute atomic E-state index is 13.8. The normalized spacial score (nSPS) is 22.6. The number of rotatable bonds is 48. The van der Waals surface area contributed by atoms with Crippen LogP contribution in [0.25, 0.3) is 0 Å². The van der Waals surface area contributed by atoms with Gasteiger partial charge in [-0.2, -0.15) is 0 Å². The summed E-state index contributed by atoms with van der Waals surface area (Å²) in [6, 6.07) is 0.455. The van der Waals surface area contributed by atoms with Crippen molar-refractivity contribution >= 4 is 79.2 Å². The van der Waals surface area contributed by atoms with Crippen molar-refractivity contribution in [1.82, 2.24) is 10.6 Å². The van der Waals surface area contributed by atoms with Crippen LogP contribution in [-0.4, -0.2) is 176 Å². The maximum atomic E-state index is 13.8. The zero-order valence-electron chi connectivity index (χ0n) is 65.3. The van der Waals surface area contributed by atoms with E-state index in [0.717, 1.165) is 63.1 Å². The molecule has 7 atom stereocenters. The second-order valence-corrected chi connectivity index (χ2v) is 47.0. The van der Waals surface area contributed by atoms with Gasteiger partial charge in [-0.3, -0.25) is 24.0 Å². The first-order valence-electron chi connectivity index (χ1n) is 37.3. The first kappa shape index (κ1) is 91.0. The summed E-state index contributed by atoms with van der Waals surface area (Å²) in [4.78, 5) is 112. The Morgan fingerprint density at radius 1 is 0.402 bits per heavy atom. The van der Waals surface area contributed by atoms with Gasteiger partial charge in [0.15, 0.2) is 16.6 Å². The Kier molecular flexibility index (Phi) is 38.8. The van der Waals surface area contributed by atoms with Crippen molar-refractivity contribution in [2.24, 2.45) is 32.5 Å². The van der Waals surface area contributed by atoms with E-state index >= 15 is 0 Å². The molecule has 0 radical (unpaired) electrons. The Balaban J connectivity index is 1.36. The Morgan fingerprint density at radius 2 is 0.755 bits per heavy atom. The third-order valence-electron chi connectivity index (χ3n) is 18.4. The molecule has 3 fully saturated rings. The van der Waals surface area contributed by atoms with Gasteiger partial charge in [-0.05, 0) is 206 Å². The summed E-state index contributed by atoms with van der Waals surface area (Å²) >= 11 is 0. The fraction of sp³-hybridized carbons (Fsp3) is 0.827. The van der Waals surface area contributed by atoms with Crippen molar-refractivity contribution in [1.29, 1.82) is 0 Å². The first-order valence-corrected chi connectivity index (χ1v) is 46.6. The number of carbonyl (C=O) groups excluding carboxylic acids is 9. The van der Waals surface area contributed by atoms with E-state index < -0.39 is 55.4 Å². The Bertz CT molecular complexity index is 2660. The molecule has 24 nitrogen and oxygen atoms in total. The van der Waals surface area contributed by atoms with Crippen molar-refractivity contribution in [2.45, 2.75) is 293 Å². The summed E-state index contributed by atoms with van der Waals surface area (Å²) in [5.41, 5.74) is -1.08. The van der Waals surface area contributed by atoms with Crippen molar-refractivity contribution in [3.63, 3.8) is 0 Å². The van der Waals surface area contributed by atoms with Gasteiger partial charge in [0.1, 0.15) is 39.1 Å². The largest absolute Gasteiger partial charge is 0.466 e. The fourth-order valence-corrected chi connectivity index (χ4v) is 28.2. The van der Waals surface area contributed by atoms with Crippen LogP contribution < -0.4 is 10.6 Å². The summed E-state index contributed by atoms with van der Waals surface area (Å²) in [6.45, 7) is 42.7. The van der Waals surface area contributed by atoms with E-state index in [1.54, 1.807) is 0 Å². The summed E-state index contributed by atoms with van der Waals surface area (Å²) < 4.78 is 74.9. The maximum Gasteiger partial charge on any atom is 0.407 e. The molecular weight excluding hydrogens is 1370 g/mol. The lowest BCUT2D eigenvalue weighted by Gasteiger charge is -2.47. The highest BCUT2D eigenvalue weighted by atomic mass is 28.5. The molecule has 3 saturated carbocycles. The van der Waals surface area contributed by atoms with E-state index in [1.807, 2.05) is 0 Å². The average Bonchev–Trinajstić information content (AvgIpc) is 0.814. The molecule has 3 rings (SSSR count). The molecule has 3 aliphatic carbocycles. The lowest BCUT2D eigenvalue weighted by molar-refractivity contribution is -0.160. The number of amides is 2. The number of hydrogen-bond acceptors (Lipinski definition) is 22. The minimum absolute atomic E-state index is 0.00546. The molecule has 0 saturated heterocycles. The molecule has 0 aromatic heterocycles. The lowest BCUT2D eigenvalue weighted by atomic mass is 9.61. The summed E-state index contributed by atoms with van der Waals surface area (Å²) in [5.74, 6) is -2.93. The smallest absolute Gasteiger partial charge is 0.407 e. The highest BCUT2D eigenvalue weighted by Crippen LogP contribution is 2.51.